The molecular formula is C18H18N2O. The Morgan fingerprint density at radius 2 is 1.81 bits per heavy atom. The largest absolute Gasteiger partial charge is 0.392 e. The molecule has 3 nitrogen and oxygen atoms in total. The maximum Gasteiger partial charge on any atom is 0.0681 e. The molecule has 0 atom stereocenters. The second-order valence-electron chi connectivity index (χ2n) is 5.10. The first-order valence-corrected chi connectivity index (χ1v) is 7.08. The van der Waals surface area contributed by atoms with E-state index in [1.807, 2.05) is 30.6 Å². The highest BCUT2D eigenvalue weighted by Crippen LogP contribution is 2.17. The van der Waals surface area contributed by atoms with Crippen LogP contribution in [0.3, 0.4) is 0 Å². The third-order valence-electron chi connectivity index (χ3n) is 3.59. The number of aromatic nitrogens is 1. The number of aliphatic hydroxyl groups excluding tert-OH is 1. The zero-order valence-electron chi connectivity index (χ0n) is 11.8. The van der Waals surface area contributed by atoms with Gasteiger partial charge >= 0.3 is 0 Å². The zero-order chi connectivity index (χ0) is 14.5. The minimum Gasteiger partial charge on any atom is -0.392 e. The molecule has 0 spiro atoms. The predicted molar refractivity (Wildman–Crippen MR) is 84.7 cm³/mol. The minimum atomic E-state index is 0.0875. The van der Waals surface area contributed by atoms with Crippen LogP contribution in [0.5, 0.6) is 0 Å². The van der Waals surface area contributed by atoms with Gasteiger partial charge in [-0.2, -0.15) is 0 Å². The first-order valence-electron chi connectivity index (χ1n) is 7.08. The smallest absolute Gasteiger partial charge is 0.0681 e. The highest BCUT2D eigenvalue weighted by molar-refractivity contribution is 5.84. The lowest BCUT2D eigenvalue weighted by atomic mass is 10.1. The summed E-state index contributed by atoms with van der Waals surface area (Å²) >= 11 is 0. The Hall–Kier alpha value is -2.23. The van der Waals surface area contributed by atoms with Gasteiger partial charge in [-0.15, -0.1) is 0 Å². The van der Waals surface area contributed by atoms with Crippen LogP contribution in [0, 0.1) is 0 Å². The van der Waals surface area contributed by atoms with Gasteiger partial charge in [-0.3, -0.25) is 4.98 Å². The molecule has 0 saturated heterocycles. The number of hydrogen-bond acceptors (Lipinski definition) is 3. The summed E-state index contributed by atoms with van der Waals surface area (Å²) in [6.45, 7) is 1.68. The average Bonchev–Trinajstić information content (AvgIpc) is 2.55. The molecule has 0 radical (unpaired) electrons. The van der Waals surface area contributed by atoms with Crippen LogP contribution in [-0.4, -0.2) is 10.1 Å². The van der Waals surface area contributed by atoms with E-state index in [0.29, 0.717) is 0 Å². The molecule has 21 heavy (non-hydrogen) atoms. The minimum absolute atomic E-state index is 0.0875. The number of pyridine rings is 1. The van der Waals surface area contributed by atoms with Crippen molar-refractivity contribution in [2.24, 2.45) is 0 Å². The molecule has 3 rings (SSSR count). The first kappa shape index (κ1) is 13.7. The zero-order valence-corrected chi connectivity index (χ0v) is 11.8. The highest BCUT2D eigenvalue weighted by atomic mass is 16.3. The fourth-order valence-corrected chi connectivity index (χ4v) is 2.52. The van der Waals surface area contributed by atoms with Gasteiger partial charge in [0.2, 0.25) is 0 Å². The predicted octanol–water partition coefficient (Wildman–Crippen LogP) is 3.02. The van der Waals surface area contributed by atoms with Gasteiger partial charge in [0.1, 0.15) is 0 Å². The number of nitrogens with zero attached hydrogens (tertiary/aromatic N) is 1. The molecule has 106 valence electrons. The molecule has 2 N–H and O–H groups in total. The van der Waals surface area contributed by atoms with Gasteiger partial charge in [0.15, 0.2) is 0 Å². The Bertz CT molecular complexity index is 735. The molecule has 0 aliphatic heterocycles. The monoisotopic (exact) mass is 278 g/mol. The summed E-state index contributed by atoms with van der Waals surface area (Å²) in [5.41, 5.74) is 3.40. The van der Waals surface area contributed by atoms with Gasteiger partial charge < -0.3 is 10.4 Å². The lowest BCUT2D eigenvalue weighted by Gasteiger charge is -2.09. The number of hydrogen-bond donors (Lipinski definition) is 2. The lowest BCUT2D eigenvalue weighted by Crippen LogP contribution is -2.13. The van der Waals surface area contributed by atoms with E-state index < -0.39 is 0 Å². The topological polar surface area (TPSA) is 45.1 Å². The Balaban J connectivity index is 1.69. The average molecular weight is 278 g/mol. The molecule has 0 unspecified atom stereocenters. The summed E-state index contributed by atoms with van der Waals surface area (Å²) in [6, 6.07) is 16.3. The number of fused-ring (bicyclic) bond motifs is 1. The molecule has 3 heteroatoms. The SMILES string of the molecule is OCc1cccc(CNCc2cccc3cnccc23)c1. The summed E-state index contributed by atoms with van der Waals surface area (Å²) in [4.78, 5) is 4.16. The second-order valence-corrected chi connectivity index (χ2v) is 5.10. The van der Waals surface area contributed by atoms with Crippen molar-refractivity contribution in [2.45, 2.75) is 19.7 Å². The Morgan fingerprint density at radius 1 is 0.952 bits per heavy atom. The fourth-order valence-electron chi connectivity index (χ4n) is 2.52. The number of benzene rings is 2. The molecule has 0 amide bonds. The van der Waals surface area contributed by atoms with Crippen LogP contribution < -0.4 is 5.32 Å². The van der Waals surface area contributed by atoms with Crippen LogP contribution in [0.4, 0.5) is 0 Å². The number of nitrogens with one attached hydrogen (secondary N) is 1. The maximum absolute atomic E-state index is 9.16. The van der Waals surface area contributed by atoms with E-state index in [9.17, 15) is 0 Å². The molecule has 0 saturated carbocycles. The summed E-state index contributed by atoms with van der Waals surface area (Å²) in [7, 11) is 0. The van der Waals surface area contributed by atoms with Crippen molar-refractivity contribution >= 4 is 10.8 Å². The number of rotatable bonds is 5. The second kappa shape index (κ2) is 6.48. The van der Waals surface area contributed by atoms with Crippen LogP contribution in [0.15, 0.2) is 60.9 Å². The van der Waals surface area contributed by atoms with E-state index in [2.05, 4.69) is 40.6 Å². The van der Waals surface area contributed by atoms with Gasteiger partial charge in [0.05, 0.1) is 6.61 Å². The molecule has 1 heterocycles. The van der Waals surface area contributed by atoms with E-state index in [1.165, 1.54) is 21.9 Å². The third kappa shape index (κ3) is 3.27. The van der Waals surface area contributed by atoms with Gasteiger partial charge in [0.25, 0.3) is 0 Å². The van der Waals surface area contributed by atoms with Crippen molar-refractivity contribution in [2.75, 3.05) is 0 Å². The van der Waals surface area contributed by atoms with E-state index >= 15 is 0 Å². The quantitative estimate of drug-likeness (QED) is 0.754. The Morgan fingerprint density at radius 3 is 2.71 bits per heavy atom. The Kier molecular flexibility index (Phi) is 4.24. The summed E-state index contributed by atoms with van der Waals surface area (Å²) in [6.07, 6.45) is 3.72. The van der Waals surface area contributed by atoms with Crippen LogP contribution in [0.25, 0.3) is 10.8 Å². The van der Waals surface area contributed by atoms with Crippen molar-refractivity contribution < 1.29 is 5.11 Å². The van der Waals surface area contributed by atoms with Crippen molar-refractivity contribution in [3.63, 3.8) is 0 Å². The van der Waals surface area contributed by atoms with E-state index in [4.69, 9.17) is 5.11 Å². The maximum atomic E-state index is 9.16. The highest BCUT2D eigenvalue weighted by Gasteiger charge is 2.01. The Labute approximate surface area is 124 Å². The van der Waals surface area contributed by atoms with Gasteiger partial charge in [-0.05, 0) is 28.1 Å². The van der Waals surface area contributed by atoms with Crippen LogP contribution in [-0.2, 0) is 19.7 Å². The molecule has 2 aromatic carbocycles. The standard InChI is InChI=1S/C18H18N2O/c21-13-15-4-1-3-14(9-15)10-20-12-17-6-2-5-16-11-19-8-7-18(16)17/h1-9,11,20-21H,10,12-13H2. The van der Waals surface area contributed by atoms with E-state index in [0.717, 1.165) is 18.7 Å². The molecule has 0 aliphatic rings. The fraction of sp³-hybridized carbons (Fsp3) is 0.167. The van der Waals surface area contributed by atoms with Crippen molar-refractivity contribution in [3.8, 4) is 0 Å². The molecule has 1 aromatic heterocycles. The summed E-state index contributed by atoms with van der Waals surface area (Å²) < 4.78 is 0. The summed E-state index contributed by atoms with van der Waals surface area (Å²) in [5.74, 6) is 0. The molecule has 3 aromatic rings. The normalized spacial score (nSPS) is 10.9. The molecule has 0 bridgehead atoms. The number of aliphatic hydroxyl groups is 1. The summed E-state index contributed by atoms with van der Waals surface area (Å²) in [5, 5.41) is 15.0. The van der Waals surface area contributed by atoms with E-state index in [-0.39, 0.29) is 6.61 Å². The van der Waals surface area contributed by atoms with Gasteiger partial charge in [-0.25, -0.2) is 0 Å². The molecule has 0 fully saturated rings. The van der Waals surface area contributed by atoms with Crippen LogP contribution in [0.2, 0.25) is 0 Å². The van der Waals surface area contributed by atoms with Crippen LogP contribution >= 0.6 is 0 Å². The third-order valence-corrected chi connectivity index (χ3v) is 3.59. The van der Waals surface area contributed by atoms with Gasteiger partial charge in [0, 0.05) is 30.9 Å². The van der Waals surface area contributed by atoms with Crippen molar-refractivity contribution in [3.05, 3.63) is 77.6 Å². The van der Waals surface area contributed by atoms with Crippen molar-refractivity contribution in [1.82, 2.24) is 10.3 Å². The van der Waals surface area contributed by atoms with Crippen LogP contribution in [0.1, 0.15) is 16.7 Å². The molecular weight excluding hydrogens is 260 g/mol. The van der Waals surface area contributed by atoms with Crippen molar-refractivity contribution in [1.29, 1.82) is 0 Å². The molecule has 0 aliphatic carbocycles. The van der Waals surface area contributed by atoms with E-state index in [1.54, 1.807) is 0 Å². The van der Waals surface area contributed by atoms with Gasteiger partial charge in [-0.1, -0.05) is 42.5 Å². The lowest BCUT2D eigenvalue weighted by molar-refractivity contribution is 0.281. The first-order chi connectivity index (χ1) is 10.4.